The fourth-order valence-electron chi connectivity index (χ4n) is 2.91. The molecule has 1 fully saturated rings. The van der Waals surface area contributed by atoms with Crippen molar-refractivity contribution in [3.8, 4) is 0 Å². The summed E-state index contributed by atoms with van der Waals surface area (Å²) in [7, 11) is 0. The zero-order chi connectivity index (χ0) is 13.5. The molecule has 1 heterocycles. The van der Waals surface area contributed by atoms with Crippen LogP contribution in [0.15, 0.2) is 0 Å². The molecule has 2 aliphatic rings. The van der Waals surface area contributed by atoms with Gasteiger partial charge >= 0.3 is 0 Å². The number of rotatable bonds is 5. The summed E-state index contributed by atoms with van der Waals surface area (Å²) in [5, 5.41) is 5.05. The first kappa shape index (κ1) is 13.6. The van der Waals surface area contributed by atoms with Crippen molar-refractivity contribution in [3.05, 3.63) is 15.6 Å². The van der Waals surface area contributed by atoms with Gasteiger partial charge in [0.05, 0.1) is 10.7 Å². The molecule has 19 heavy (non-hydrogen) atoms. The molecule has 3 heteroatoms. The summed E-state index contributed by atoms with van der Waals surface area (Å²) in [6, 6.07) is 0. The fraction of sp³-hybridized carbons (Fsp3) is 0.812. The molecular formula is C16H26N2S. The maximum atomic E-state index is 5.04. The van der Waals surface area contributed by atoms with Crippen LogP contribution >= 0.6 is 11.3 Å². The molecule has 1 aromatic rings. The maximum absolute atomic E-state index is 5.04. The van der Waals surface area contributed by atoms with Crippen LogP contribution in [0.2, 0.25) is 0 Å². The van der Waals surface area contributed by atoms with Gasteiger partial charge in [-0.1, -0.05) is 20.8 Å². The predicted molar refractivity (Wildman–Crippen MR) is 82.1 cm³/mol. The van der Waals surface area contributed by atoms with Gasteiger partial charge in [-0.2, -0.15) is 0 Å². The summed E-state index contributed by atoms with van der Waals surface area (Å²) in [6.07, 6.45) is 6.62. The number of hydrogen-bond donors (Lipinski definition) is 1. The normalized spacial score (nSPS) is 24.5. The minimum atomic E-state index is 0.442. The van der Waals surface area contributed by atoms with E-state index in [9.17, 15) is 0 Å². The monoisotopic (exact) mass is 278 g/mol. The Hall–Kier alpha value is -0.410. The second kappa shape index (κ2) is 5.17. The van der Waals surface area contributed by atoms with Gasteiger partial charge in [0, 0.05) is 22.8 Å². The number of fused-ring (bicyclic) bond motifs is 1. The molecule has 0 amide bonds. The van der Waals surface area contributed by atoms with Crippen molar-refractivity contribution >= 4 is 11.3 Å². The van der Waals surface area contributed by atoms with Gasteiger partial charge in [-0.3, -0.25) is 0 Å². The molecule has 0 bridgehead atoms. The molecule has 106 valence electrons. The van der Waals surface area contributed by atoms with E-state index in [1.54, 1.807) is 4.88 Å². The van der Waals surface area contributed by atoms with Gasteiger partial charge < -0.3 is 5.32 Å². The van der Waals surface area contributed by atoms with Gasteiger partial charge in [-0.05, 0) is 44.6 Å². The van der Waals surface area contributed by atoms with Gasteiger partial charge in [-0.15, -0.1) is 11.3 Å². The summed E-state index contributed by atoms with van der Waals surface area (Å²) < 4.78 is 0. The highest BCUT2D eigenvalue weighted by atomic mass is 32.1. The highest BCUT2D eigenvalue weighted by Crippen LogP contribution is 2.50. The summed E-state index contributed by atoms with van der Waals surface area (Å²) >= 11 is 2.01. The third kappa shape index (κ3) is 2.87. The Morgan fingerprint density at radius 3 is 2.89 bits per heavy atom. The van der Waals surface area contributed by atoms with E-state index in [1.807, 2.05) is 11.3 Å². The molecule has 3 rings (SSSR count). The van der Waals surface area contributed by atoms with Crippen molar-refractivity contribution in [1.29, 1.82) is 0 Å². The number of thiazole rings is 1. The van der Waals surface area contributed by atoms with Crippen molar-refractivity contribution in [1.82, 2.24) is 10.3 Å². The topological polar surface area (TPSA) is 24.9 Å². The Morgan fingerprint density at radius 1 is 1.42 bits per heavy atom. The van der Waals surface area contributed by atoms with E-state index in [4.69, 9.17) is 4.98 Å². The first-order valence-electron chi connectivity index (χ1n) is 7.79. The highest BCUT2D eigenvalue weighted by Gasteiger charge is 2.43. The third-order valence-electron chi connectivity index (χ3n) is 4.53. The highest BCUT2D eigenvalue weighted by molar-refractivity contribution is 7.12. The lowest BCUT2D eigenvalue weighted by molar-refractivity contribution is 0.472. The number of hydrogen-bond acceptors (Lipinski definition) is 3. The first-order valence-corrected chi connectivity index (χ1v) is 8.61. The Bertz CT molecular complexity index is 446. The fourth-order valence-corrected chi connectivity index (χ4v) is 4.30. The second-order valence-electron chi connectivity index (χ2n) is 7.03. The summed E-state index contributed by atoms with van der Waals surface area (Å²) in [5.41, 5.74) is 1.88. The molecule has 2 aliphatic carbocycles. The lowest BCUT2D eigenvalue weighted by Crippen LogP contribution is -2.27. The first-order chi connectivity index (χ1) is 9.08. The quantitative estimate of drug-likeness (QED) is 0.884. The van der Waals surface area contributed by atoms with Crippen LogP contribution in [0.25, 0.3) is 0 Å². The van der Waals surface area contributed by atoms with Crippen LogP contribution in [0.1, 0.15) is 68.0 Å². The lowest BCUT2D eigenvalue weighted by Gasteiger charge is -2.22. The van der Waals surface area contributed by atoms with Crippen molar-refractivity contribution in [2.45, 2.75) is 64.2 Å². The number of aryl methyl sites for hydroxylation is 1. The smallest absolute Gasteiger partial charge is 0.0990 e. The molecule has 1 unspecified atom stereocenters. The van der Waals surface area contributed by atoms with E-state index in [0.29, 0.717) is 11.3 Å². The van der Waals surface area contributed by atoms with E-state index >= 15 is 0 Å². The molecular weight excluding hydrogens is 252 g/mol. The van der Waals surface area contributed by atoms with Crippen LogP contribution in [0.5, 0.6) is 0 Å². The van der Waals surface area contributed by atoms with E-state index < -0.39 is 0 Å². The van der Waals surface area contributed by atoms with Gasteiger partial charge in [0.2, 0.25) is 0 Å². The summed E-state index contributed by atoms with van der Waals surface area (Å²) in [5.74, 6) is 1.40. The molecule has 1 saturated carbocycles. The molecule has 1 N–H and O–H groups in total. The zero-order valence-electron chi connectivity index (χ0n) is 12.5. The van der Waals surface area contributed by atoms with E-state index in [2.05, 4.69) is 26.1 Å². The van der Waals surface area contributed by atoms with Crippen LogP contribution in [-0.4, -0.2) is 18.1 Å². The number of aromatic nitrogens is 1. The molecule has 0 aliphatic heterocycles. The van der Waals surface area contributed by atoms with Crippen molar-refractivity contribution in [2.75, 3.05) is 13.1 Å². The summed E-state index contributed by atoms with van der Waals surface area (Å²) in [4.78, 5) is 6.63. The van der Waals surface area contributed by atoms with Crippen molar-refractivity contribution < 1.29 is 0 Å². The minimum Gasteiger partial charge on any atom is -0.316 e. The molecule has 0 radical (unpaired) electrons. The Morgan fingerprint density at radius 2 is 2.21 bits per heavy atom. The molecule has 1 aromatic heterocycles. The second-order valence-corrected chi connectivity index (χ2v) is 8.11. The number of nitrogens with one attached hydrogen (secondary N) is 1. The van der Waals surface area contributed by atoms with Gasteiger partial charge in [0.15, 0.2) is 0 Å². The number of nitrogens with zero attached hydrogens (tertiary/aromatic N) is 1. The minimum absolute atomic E-state index is 0.442. The molecule has 0 spiro atoms. The lowest BCUT2D eigenvalue weighted by atomic mass is 9.91. The Labute approximate surface area is 121 Å². The standard InChI is InChI=1S/C16H26N2S/c1-11(2)9-17-10-12-5-4-6-13-14(12)18-15(19-13)16(3)7-8-16/h11-12,17H,4-10H2,1-3H3. The largest absolute Gasteiger partial charge is 0.316 e. The van der Waals surface area contributed by atoms with Crippen LogP contribution in [0.3, 0.4) is 0 Å². The van der Waals surface area contributed by atoms with Crippen LogP contribution < -0.4 is 5.32 Å². The molecule has 0 aromatic carbocycles. The van der Waals surface area contributed by atoms with Crippen molar-refractivity contribution in [2.24, 2.45) is 5.92 Å². The molecule has 2 nitrogen and oxygen atoms in total. The molecule has 0 saturated heterocycles. The van der Waals surface area contributed by atoms with Gasteiger partial charge in [0.1, 0.15) is 0 Å². The average Bonchev–Trinajstić information content (AvgIpc) is 2.96. The predicted octanol–water partition coefficient (Wildman–Crippen LogP) is 3.86. The molecule has 1 atom stereocenters. The van der Waals surface area contributed by atoms with E-state index in [1.165, 1.54) is 42.8 Å². The Balaban J connectivity index is 1.70. The van der Waals surface area contributed by atoms with Gasteiger partial charge in [-0.25, -0.2) is 4.98 Å². The average molecular weight is 278 g/mol. The summed E-state index contributed by atoms with van der Waals surface area (Å²) in [6.45, 7) is 9.16. The van der Waals surface area contributed by atoms with Crippen molar-refractivity contribution in [3.63, 3.8) is 0 Å². The van der Waals surface area contributed by atoms with Crippen LogP contribution in [-0.2, 0) is 11.8 Å². The van der Waals surface area contributed by atoms with Gasteiger partial charge in [0.25, 0.3) is 0 Å². The van der Waals surface area contributed by atoms with Crippen LogP contribution in [0.4, 0.5) is 0 Å². The van der Waals surface area contributed by atoms with E-state index in [0.717, 1.165) is 19.0 Å². The maximum Gasteiger partial charge on any atom is 0.0990 e. The SMILES string of the molecule is CC(C)CNCC1CCCc2sc(C3(C)CC3)nc21. The zero-order valence-corrected chi connectivity index (χ0v) is 13.3. The third-order valence-corrected chi connectivity index (χ3v) is 5.97. The Kier molecular flexibility index (Phi) is 3.69. The van der Waals surface area contributed by atoms with Crippen LogP contribution in [0, 0.1) is 5.92 Å². The van der Waals surface area contributed by atoms with E-state index in [-0.39, 0.29) is 0 Å².